The molecule has 5 heteroatoms. The Morgan fingerprint density at radius 3 is 2.52 bits per heavy atom. The molecular weight excluding hydrogens is 292 g/mol. The van der Waals surface area contributed by atoms with Gasteiger partial charge in [-0.2, -0.15) is 0 Å². The van der Waals surface area contributed by atoms with E-state index < -0.39 is 5.97 Å². The zero-order valence-electron chi connectivity index (χ0n) is 13.2. The summed E-state index contributed by atoms with van der Waals surface area (Å²) in [7, 11) is 0. The number of imidazole rings is 1. The quantitative estimate of drug-likeness (QED) is 0.538. The highest BCUT2D eigenvalue weighted by Crippen LogP contribution is 2.23. The van der Waals surface area contributed by atoms with E-state index in [-0.39, 0.29) is 11.7 Å². The van der Waals surface area contributed by atoms with Crippen LogP contribution in [0.5, 0.6) is 5.75 Å². The molecule has 0 N–H and O–H groups in total. The first-order chi connectivity index (χ1) is 11.0. The second-order valence-corrected chi connectivity index (χ2v) is 5.43. The molecule has 5 nitrogen and oxygen atoms in total. The van der Waals surface area contributed by atoms with Crippen molar-refractivity contribution in [3.05, 3.63) is 59.4 Å². The first-order valence-electron chi connectivity index (χ1n) is 7.24. The van der Waals surface area contributed by atoms with Gasteiger partial charge < -0.3 is 4.74 Å². The number of aromatic nitrogens is 2. The van der Waals surface area contributed by atoms with E-state index in [1.807, 2.05) is 26.0 Å². The van der Waals surface area contributed by atoms with Gasteiger partial charge in [0.2, 0.25) is 0 Å². The Hall–Kier alpha value is -2.95. The summed E-state index contributed by atoms with van der Waals surface area (Å²) in [6.45, 7) is 5.30. The molecule has 3 aromatic rings. The molecule has 0 aliphatic heterocycles. The first kappa shape index (κ1) is 15.0. The van der Waals surface area contributed by atoms with Crippen molar-refractivity contribution in [2.75, 3.05) is 0 Å². The number of para-hydroxylation sites is 1. The normalized spacial score (nSPS) is 10.7. The number of aryl methyl sites for hydroxylation is 2. The Morgan fingerprint density at radius 2 is 1.78 bits per heavy atom. The third kappa shape index (κ3) is 2.73. The van der Waals surface area contributed by atoms with Gasteiger partial charge in [-0.25, -0.2) is 4.98 Å². The zero-order valence-corrected chi connectivity index (χ0v) is 13.2. The van der Waals surface area contributed by atoms with E-state index in [1.165, 1.54) is 17.8 Å². The molecule has 0 atom stereocenters. The molecule has 0 amide bonds. The maximum absolute atomic E-state index is 12.9. The molecule has 0 fully saturated rings. The maximum atomic E-state index is 12.9. The lowest BCUT2D eigenvalue weighted by atomic mass is 10.1. The lowest BCUT2D eigenvalue weighted by molar-refractivity contribution is -0.131. The van der Waals surface area contributed by atoms with Crippen LogP contribution in [0.3, 0.4) is 0 Å². The van der Waals surface area contributed by atoms with Crippen LogP contribution in [-0.4, -0.2) is 21.4 Å². The van der Waals surface area contributed by atoms with Gasteiger partial charge in [-0.15, -0.1) is 0 Å². The van der Waals surface area contributed by atoms with E-state index in [2.05, 4.69) is 4.98 Å². The molecule has 23 heavy (non-hydrogen) atoms. The fourth-order valence-electron chi connectivity index (χ4n) is 2.44. The summed E-state index contributed by atoms with van der Waals surface area (Å²) in [6.07, 6.45) is 1.50. The number of esters is 1. The van der Waals surface area contributed by atoms with Crippen LogP contribution in [0.15, 0.2) is 42.7 Å². The Morgan fingerprint density at radius 1 is 1.09 bits per heavy atom. The summed E-state index contributed by atoms with van der Waals surface area (Å²) in [5.41, 5.74) is 4.01. The third-order valence-corrected chi connectivity index (χ3v) is 3.75. The molecule has 3 rings (SSSR count). The standard InChI is InChI=1S/C18H16N2O3/c1-11-8-15-16(9-12(11)2)20(10-19-15)18(22)14-6-4-5-7-17(14)23-13(3)21/h4-10H,1-3H3. The predicted molar refractivity (Wildman–Crippen MR) is 86.7 cm³/mol. The Kier molecular flexibility index (Phi) is 3.70. The zero-order chi connectivity index (χ0) is 16.6. The number of ether oxygens (including phenoxy) is 1. The lowest BCUT2D eigenvalue weighted by Crippen LogP contribution is -2.14. The van der Waals surface area contributed by atoms with E-state index in [4.69, 9.17) is 4.74 Å². The molecule has 0 bridgehead atoms. The van der Waals surface area contributed by atoms with Crippen LogP contribution < -0.4 is 4.74 Å². The number of hydrogen-bond donors (Lipinski definition) is 0. The molecule has 2 aromatic carbocycles. The smallest absolute Gasteiger partial charge is 0.308 e. The molecular formula is C18H16N2O3. The number of carbonyl (C=O) groups is 2. The summed E-state index contributed by atoms with van der Waals surface area (Å²) in [4.78, 5) is 28.4. The summed E-state index contributed by atoms with van der Waals surface area (Å²) in [6, 6.07) is 10.6. The molecule has 0 saturated carbocycles. The van der Waals surface area contributed by atoms with Crippen LogP contribution >= 0.6 is 0 Å². The molecule has 0 unspecified atom stereocenters. The highest BCUT2D eigenvalue weighted by molar-refractivity contribution is 6.03. The fraction of sp³-hybridized carbons (Fsp3) is 0.167. The monoisotopic (exact) mass is 308 g/mol. The minimum atomic E-state index is -0.466. The SMILES string of the molecule is CC(=O)Oc1ccccc1C(=O)n1cnc2cc(C)c(C)cc21. The van der Waals surface area contributed by atoms with Crippen molar-refractivity contribution in [2.24, 2.45) is 0 Å². The number of benzene rings is 2. The van der Waals surface area contributed by atoms with Crippen LogP contribution in [0.4, 0.5) is 0 Å². The van der Waals surface area contributed by atoms with Crippen molar-refractivity contribution >= 4 is 22.9 Å². The second kappa shape index (κ2) is 5.68. The van der Waals surface area contributed by atoms with Gasteiger partial charge >= 0.3 is 5.97 Å². The highest BCUT2D eigenvalue weighted by atomic mass is 16.5. The molecule has 0 aliphatic rings. The average Bonchev–Trinajstić information content (AvgIpc) is 2.90. The molecule has 1 heterocycles. The van der Waals surface area contributed by atoms with Crippen molar-refractivity contribution < 1.29 is 14.3 Å². The number of hydrogen-bond acceptors (Lipinski definition) is 4. The molecule has 1 aromatic heterocycles. The van der Waals surface area contributed by atoms with Crippen molar-refractivity contribution in [3.8, 4) is 5.75 Å². The Labute approximate surface area is 133 Å². The van der Waals surface area contributed by atoms with Crippen molar-refractivity contribution in [1.82, 2.24) is 9.55 Å². The minimum Gasteiger partial charge on any atom is -0.426 e. The fourth-order valence-corrected chi connectivity index (χ4v) is 2.44. The van der Waals surface area contributed by atoms with Gasteiger partial charge in [0.05, 0.1) is 16.6 Å². The van der Waals surface area contributed by atoms with E-state index in [9.17, 15) is 9.59 Å². The number of carbonyl (C=O) groups excluding carboxylic acids is 2. The summed E-state index contributed by atoms with van der Waals surface area (Å²) >= 11 is 0. The summed E-state index contributed by atoms with van der Waals surface area (Å²) in [5.74, 6) is -0.504. The molecule has 0 aliphatic carbocycles. The van der Waals surface area contributed by atoms with Crippen LogP contribution in [0.2, 0.25) is 0 Å². The topological polar surface area (TPSA) is 61.2 Å². The van der Waals surface area contributed by atoms with Crippen LogP contribution in [-0.2, 0) is 4.79 Å². The summed E-state index contributed by atoms with van der Waals surface area (Å²) in [5, 5.41) is 0. The van der Waals surface area contributed by atoms with Gasteiger partial charge in [-0.1, -0.05) is 12.1 Å². The Balaban J connectivity index is 2.11. The van der Waals surface area contributed by atoms with Gasteiger partial charge in [-0.05, 0) is 49.2 Å². The second-order valence-electron chi connectivity index (χ2n) is 5.43. The average molecular weight is 308 g/mol. The largest absolute Gasteiger partial charge is 0.426 e. The molecule has 0 radical (unpaired) electrons. The molecule has 116 valence electrons. The van der Waals surface area contributed by atoms with E-state index in [0.29, 0.717) is 5.56 Å². The van der Waals surface area contributed by atoms with Gasteiger partial charge in [-0.3, -0.25) is 14.2 Å². The molecule has 0 saturated heterocycles. The maximum Gasteiger partial charge on any atom is 0.308 e. The van der Waals surface area contributed by atoms with E-state index in [0.717, 1.165) is 22.2 Å². The van der Waals surface area contributed by atoms with Gasteiger partial charge in [0.25, 0.3) is 5.91 Å². The van der Waals surface area contributed by atoms with Crippen LogP contribution in [0.1, 0.15) is 28.4 Å². The minimum absolute atomic E-state index is 0.246. The van der Waals surface area contributed by atoms with Gasteiger partial charge in [0.15, 0.2) is 0 Å². The van der Waals surface area contributed by atoms with Crippen LogP contribution in [0.25, 0.3) is 11.0 Å². The number of fused-ring (bicyclic) bond motifs is 1. The number of rotatable bonds is 2. The lowest BCUT2D eigenvalue weighted by Gasteiger charge is -2.09. The highest BCUT2D eigenvalue weighted by Gasteiger charge is 2.18. The van der Waals surface area contributed by atoms with Gasteiger partial charge in [0.1, 0.15) is 12.1 Å². The van der Waals surface area contributed by atoms with E-state index >= 15 is 0 Å². The third-order valence-electron chi connectivity index (χ3n) is 3.75. The first-order valence-corrected chi connectivity index (χ1v) is 7.24. The van der Waals surface area contributed by atoms with Crippen molar-refractivity contribution in [2.45, 2.75) is 20.8 Å². The van der Waals surface area contributed by atoms with Gasteiger partial charge in [0, 0.05) is 6.92 Å². The van der Waals surface area contributed by atoms with Crippen LogP contribution in [0, 0.1) is 13.8 Å². The van der Waals surface area contributed by atoms with Crippen molar-refractivity contribution in [1.29, 1.82) is 0 Å². The van der Waals surface area contributed by atoms with E-state index in [1.54, 1.807) is 24.3 Å². The molecule has 0 spiro atoms. The summed E-state index contributed by atoms with van der Waals surface area (Å²) < 4.78 is 6.60. The Bertz CT molecular complexity index is 925. The number of nitrogens with zero attached hydrogens (tertiary/aromatic N) is 2. The van der Waals surface area contributed by atoms with Crippen molar-refractivity contribution in [3.63, 3.8) is 0 Å². The predicted octanol–water partition coefficient (Wildman–Crippen LogP) is 3.27.